The lowest BCUT2D eigenvalue weighted by Crippen LogP contribution is -1.96. The van der Waals surface area contributed by atoms with E-state index in [1.807, 2.05) is 91.2 Å². The Morgan fingerprint density at radius 3 is 0.724 bits per heavy atom. The molecule has 0 unspecified atom stereocenters. The van der Waals surface area contributed by atoms with Gasteiger partial charge < -0.3 is 0 Å². The Morgan fingerprint density at radius 2 is 0.351 bits per heavy atom. The van der Waals surface area contributed by atoms with E-state index in [1.54, 1.807) is 0 Å². The van der Waals surface area contributed by atoms with Gasteiger partial charge in [-0.3, -0.25) is 0 Å². The molecule has 0 aliphatic heterocycles. The first-order valence-corrected chi connectivity index (χ1v) is 48.1. The average molecular weight is 1790 g/mol. The number of thiophene rings is 4. The van der Waals surface area contributed by atoms with Gasteiger partial charge in [-0.2, -0.15) is 0 Å². The molecule has 8 nitrogen and oxygen atoms in total. The zero-order valence-corrected chi connectivity index (χ0v) is 77.0. The molecule has 0 aliphatic rings. The topological polar surface area (TPSA) is 103 Å². The molecule has 0 fully saturated rings. The fourth-order valence-electron chi connectivity index (χ4n) is 18.1. The first-order chi connectivity index (χ1) is 66.0. The van der Waals surface area contributed by atoms with Crippen LogP contribution in [0.4, 0.5) is 0 Å². The Bertz CT molecular complexity index is 8610. The van der Waals surface area contributed by atoms with Crippen LogP contribution in [0.15, 0.2) is 437 Å². The maximum Gasteiger partial charge on any atom is 0.126 e. The number of rotatable bonds is 13. The van der Waals surface area contributed by atoms with E-state index in [0.29, 0.717) is 0 Å². The summed E-state index contributed by atoms with van der Waals surface area (Å²) in [6, 6.07) is 154. The van der Waals surface area contributed by atoms with Crippen molar-refractivity contribution in [3.05, 3.63) is 460 Å². The van der Waals surface area contributed by atoms with Crippen molar-refractivity contribution in [1.29, 1.82) is 0 Å². The number of nitrogens with zero attached hydrogens (tertiary/aromatic N) is 8. The first kappa shape index (κ1) is 83.5. The van der Waals surface area contributed by atoms with E-state index >= 15 is 0 Å². The number of fused-ring (bicyclic) bond motifs is 12. The fraction of sp³-hybridized carbons (Fsp3) is 0.0328. The molecule has 12 heteroatoms. The van der Waals surface area contributed by atoms with E-state index < -0.39 is 0 Å². The first-order valence-electron chi connectivity index (χ1n) is 44.8. The Balaban J connectivity index is 0.000000104. The van der Waals surface area contributed by atoms with E-state index in [0.717, 1.165) is 113 Å². The van der Waals surface area contributed by atoms with Gasteiger partial charge in [0.05, 0.1) is 45.6 Å². The molecule has 0 saturated heterocycles. The maximum absolute atomic E-state index is 4.91. The molecule has 8 heterocycles. The number of aryl methyl sites for hydroxylation is 4. The highest BCUT2D eigenvalue weighted by Gasteiger charge is 2.22. The molecule has 25 aromatic rings. The molecule has 0 radical (unpaired) electrons. The highest BCUT2D eigenvalue weighted by Crippen LogP contribution is 2.47. The van der Waals surface area contributed by atoms with Gasteiger partial charge in [0.15, 0.2) is 0 Å². The van der Waals surface area contributed by atoms with Gasteiger partial charge in [-0.25, -0.2) is 39.9 Å². The van der Waals surface area contributed by atoms with Crippen LogP contribution in [0.2, 0.25) is 0 Å². The Hall–Kier alpha value is -16.1. The van der Waals surface area contributed by atoms with Gasteiger partial charge in [0.25, 0.3) is 0 Å². The molecule has 8 aromatic heterocycles. The van der Waals surface area contributed by atoms with Crippen LogP contribution in [0.1, 0.15) is 23.3 Å². The van der Waals surface area contributed by atoms with Crippen LogP contribution in [-0.2, 0) is 0 Å². The van der Waals surface area contributed by atoms with Gasteiger partial charge in [0, 0.05) is 125 Å². The zero-order valence-electron chi connectivity index (χ0n) is 73.8. The van der Waals surface area contributed by atoms with Gasteiger partial charge >= 0.3 is 0 Å². The van der Waals surface area contributed by atoms with Crippen molar-refractivity contribution in [3.8, 4) is 146 Å². The third-order valence-electron chi connectivity index (χ3n) is 24.4. The third-order valence-corrected chi connectivity index (χ3v) is 29.2. The van der Waals surface area contributed by atoms with Gasteiger partial charge in [-0.05, 0) is 156 Å². The molecule has 0 aliphatic carbocycles. The Morgan fingerprint density at radius 1 is 0.134 bits per heavy atom. The van der Waals surface area contributed by atoms with E-state index in [2.05, 4.69) is 419 Å². The maximum atomic E-state index is 4.91. The summed E-state index contributed by atoms with van der Waals surface area (Å²) in [6.07, 6.45) is 0. The van der Waals surface area contributed by atoms with Crippen LogP contribution in [0.25, 0.3) is 226 Å². The lowest BCUT2D eigenvalue weighted by molar-refractivity contribution is 1.06. The van der Waals surface area contributed by atoms with Crippen molar-refractivity contribution in [2.75, 3.05) is 0 Å². The van der Waals surface area contributed by atoms with Crippen molar-refractivity contribution < 1.29 is 0 Å². The van der Waals surface area contributed by atoms with E-state index in [-0.39, 0.29) is 0 Å². The molecule has 0 spiro atoms. The van der Waals surface area contributed by atoms with Crippen molar-refractivity contribution in [1.82, 2.24) is 39.9 Å². The number of aromatic nitrogens is 8. The number of hydrogen-bond donors (Lipinski definition) is 0. The quantitative estimate of drug-likeness (QED) is 0.112. The molecule has 0 atom stereocenters. The fourth-order valence-corrected chi connectivity index (χ4v) is 23.0. The van der Waals surface area contributed by atoms with Gasteiger partial charge in [0.1, 0.15) is 23.3 Å². The second-order valence-corrected chi connectivity index (χ2v) is 37.4. The zero-order chi connectivity index (χ0) is 90.0. The molecule has 17 aromatic carbocycles. The van der Waals surface area contributed by atoms with E-state index in [1.165, 1.54) is 136 Å². The highest BCUT2D eigenvalue weighted by molar-refractivity contribution is 7.27. The summed E-state index contributed by atoms with van der Waals surface area (Å²) in [7, 11) is 0. The normalized spacial score (nSPS) is 11.3. The summed E-state index contributed by atoms with van der Waals surface area (Å²) in [5.41, 5.74) is 28.6. The molecule has 25 rings (SSSR count). The highest BCUT2D eigenvalue weighted by atomic mass is 32.1. The summed E-state index contributed by atoms with van der Waals surface area (Å²) < 4.78 is 10.3. The molecule has 134 heavy (non-hydrogen) atoms. The second kappa shape index (κ2) is 37.1. The lowest BCUT2D eigenvalue weighted by atomic mass is 9.94. The van der Waals surface area contributed by atoms with Crippen LogP contribution in [0.3, 0.4) is 0 Å². The number of hydrogen-bond acceptors (Lipinski definition) is 12. The summed E-state index contributed by atoms with van der Waals surface area (Å²) in [5, 5.41) is 10.3. The summed E-state index contributed by atoms with van der Waals surface area (Å²) >= 11 is 7.32. The largest absolute Gasteiger partial charge is 0.233 e. The minimum Gasteiger partial charge on any atom is -0.233 e. The smallest absolute Gasteiger partial charge is 0.126 e. The molecule has 0 amide bonds. The summed E-state index contributed by atoms with van der Waals surface area (Å²) in [4.78, 5) is 38.7. The van der Waals surface area contributed by atoms with Crippen LogP contribution in [-0.4, -0.2) is 39.9 Å². The predicted octanol–water partition coefficient (Wildman–Crippen LogP) is 34.3. The van der Waals surface area contributed by atoms with Crippen LogP contribution >= 0.6 is 45.3 Å². The molecule has 0 saturated carbocycles. The molecule has 0 bridgehead atoms. The SMILES string of the molecule is Cc1nc(-c2cc(-c3ccccc3)cc(-c3ccccc3)c2)cc(-c2cccc3c2sc2ccccc23)n1.Cc1nc(-c2ccc(-c3ccccc3)cc2)cc(-c2cccc3c2sc2ccccc23)n1.Cc1nc(-c2cccc(-c3ccccc3)c2)cc(-c2cccc3c2sc2ccccc23)n1.Cc1nc(-c2ccccc2-c2ccccc2)cc(-c2cccc3c2sc2ccccc23)n1. The van der Waals surface area contributed by atoms with Crippen molar-refractivity contribution >= 4 is 126 Å². The lowest BCUT2D eigenvalue weighted by Gasteiger charge is -2.12. The van der Waals surface area contributed by atoms with Gasteiger partial charge in [-0.15, -0.1) is 45.3 Å². The van der Waals surface area contributed by atoms with Crippen LogP contribution < -0.4 is 0 Å². The average Bonchev–Trinajstić information content (AvgIpc) is 1.62. The third kappa shape index (κ3) is 17.1. The minimum absolute atomic E-state index is 0.766. The predicted molar refractivity (Wildman–Crippen MR) is 569 cm³/mol. The van der Waals surface area contributed by atoms with Gasteiger partial charge in [-0.1, -0.05) is 364 Å². The monoisotopic (exact) mass is 1790 g/mol. The standard InChI is InChI=1S/C35H24N2S.3C29H20N2S/c1-23-36-32(22-33(37-23)31-17-10-16-30-29-15-8-9-18-34(29)38-35(30)31)28-20-26(24-11-4-2-5-12-24)19-27(21-28)25-13-6-3-7-14-25;1-19-30-26(22-12-7-11-21(17-22)20-9-3-2-4-10-20)18-27(31-19)25-15-8-14-24-23-13-5-6-16-28(23)32-29(24)25;1-19-30-26(22-13-6-5-12-21(22)20-10-3-2-4-11-20)18-27(31-19)25-16-9-15-24-23-14-7-8-17-28(23)32-29(24)25;1-19-30-26(22-16-14-21(15-17-22)20-8-3-2-4-9-20)18-27(31-19)25-12-7-11-24-23-10-5-6-13-28(23)32-29(24)25/h2-22H,1H3;3*2-18H,1H3. The van der Waals surface area contributed by atoms with Crippen molar-refractivity contribution in [3.63, 3.8) is 0 Å². The number of benzene rings is 17. The van der Waals surface area contributed by atoms with E-state index in [9.17, 15) is 0 Å². The minimum atomic E-state index is 0.766. The molecular formula is C122H84N8S4. The summed E-state index contributed by atoms with van der Waals surface area (Å²) in [6.45, 7) is 7.90. The van der Waals surface area contributed by atoms with Crippen LogP contribution in [0, 0.1) is 27.7 Å². The van der Waals surface area contributed by atoms with Gasteiger partial charge in [0.2, 0.25) is 0 Å². The molecule has 0 N–H and O–H groups in total. The molecule has 636 valence electrons. The van der Waals surface area contributed by atoms with Crippen molar-refractivity contribution in [2.24, 2.45) is 0 Å². The summed E-state index contributed by atoms with van der Waals surface area (Å²) in [5.74, 6) is 3.10. The van der Waals surface area contributed by atoms with E-state index in [4.69, 9.17) is 39.9 Å². The second-order valence-electron chi connectivity index (χ2n) is 33.2. The molecular weight excluding hydrogens is 1710 g/mol. The van der Waals surface area contributed by atoms with Crippen LogP contribution in [0.5, 0.6) is 0 Å². The van der Waals surface area contributed by atoms with Crippen molar-refractivity contribution in [2.45, 2.75) is 27.7 Å². The Labute approximate surface area is 793 Å². The Kier molecular flexibility index (Phi) is 23.1.